The number of hydrogen-bond donors (Lipinski definition) is 1. The fourth-order valence-corrected chi connectivity index (χ4v) is 4.39. The Balaban J connectivity index is 1.62. The lowest BCUT2D eigenvalue weighted by Gasteiger charge is -2.25. The topological polar surface area (TPSA) is 110 Å². The molecule has 3 amide bonds. The molecule has 2 aromatic carbocycles. The third-order valence-corrected chi connectivity index (χ3v) is 6.07. The van der Waals surface area contributed by atoms with Crippen molar-refractivity contribution >= 4 is 34.7 Å². The Labute approximate surface area is 181 Å². The zero-order valence-electron chi connectivity index (χ0n) is 16.3. The highest BCUT2D eigenvalue weighted by molar-refractivity contribution is 7.10. The Morgan fingerprint density at radius 3 is 2.42 bits per heavy atom. The van der Waals surface area contributed by atoms with Crippen molar-refractivity contribution in [2.24, 2.45) is 0 Å². The zero-order valence-corrected chi connectivity index (χ0v) is 17.2. The molecule has 31 heavy (non-hydrogen) atoms. The summed E-state index contributed by atoms with van der Waals surface area (Å²) in [6.45, 7) is 1.43. The smallest absolute Gasteiger partial charge is 0.282 e. The second-order valence-electron chi connectivity index (χ2n) is 6.98. The van der Waals surface area contributed by atoms with Crippen LogP contribution < -0.4 is 5.32 Å². The molecule has 156 valence electrons. The highest BCUT2D eigenvalue weighted by atomic mass is 32.1. The third-order valence-electron chi connectivity index (χ3n) is 5.13. The van der Waals surface area contributed by atoms with Gasteiger partial charge in [-0.05, 0) is 30.0 Å². The minimum absolute atomic E-state index is 0.0725. The number of benzene rings is 2. The average Bonchev–Trinajstić information content (AvgIpc) is 3.39. The summed E-state index contributed by atoms with van der Waals surface area (Å²) in [6, 6.07) is 15.3. The van der Waals surface area contributed by atoms with Gasteiger partial charge in [-0.25, -0.2) is 0 Å². The fraction of sp³-hybridized carbons (Fsp3) is 0.136. The molecule has 1 aromatic heterocycles. The first kappa shape index (κ1) is 20.4. The molecule has 0 unspecified atom stereocenters. The molecule has 0 aliphatic carbocycles. The normalized spacial score (nSPS) is 14.8. The van der Waals surface area contributed by atoms with Crippen LogP contribution in [0.15, 0.2) is 66.0 Å². The van der Waals surface area contributed by atoms with Crippen LogP contribution in [-0.4, -0.2) is 33.6 Å². The quantitative estimate of drug-likeness (QED) is 0.362. The number of nitrogens with zero attached hydrogens (tertiary/aromatic N) is 2. The first-order chi connectivity index (χ1) is 14.9. The van der Waals surface area contributed by atoms with Gasteiger partial charge in [-0.3, -0.25) is 29.4 Å². The lowest BCUT2D eigenvalue weighted by molar-refractivity contribution is -0.385. The molecule has 8 nitrogen and oxygen atoms in total. The number of nitrogens with one attached hydrogen (secondary N) is 1. The van der Waals surface area contributed by atoms with E-state index in [-0.39, 0.29) is 11.1 Å². The Kier molecular flexibility index (Phi) is 5.35. The Morgan fingerprint density at radius 1 is 1.03 bits per heavy atom. The van der Waals surface area contributed by atoms with Gasteiger partial charge in [-0.1, -0.05) is 42.5 Å². The molecule has 0 bridgehead atoms. The predicted molar refractivity (Wildman–Crippen MR) is 114 cm³/mol. The van der Waals surface area contributed by atoms with Crippen LogP contribution >= 0.6 is 11.3 Å². The van der Waals surface area contributed by atoms with Crippen LogP contribution in [0.4, 0.5) is 5.69 Å². The molecule has 9 heteroatoms. The summed E-state index contributed by atoms with van der Waals surface area (Å²) in [5.41, 5.74) is 0.0435. The fourth-order valence-electron chi connectivity index (χ4n) is 3.59. The van der Waals surface area contributed by atoms with Gasteiger partial charge < -0.3 is 5.32 Å². The maximum Gasteiger partial charge on any atom is 0.282 e. The monoisotopic (exact) mass is 435 g/mol. The van der Waals surface area contributed by atoms with E-state index < -0.39 is 40.4 Å². The van der Waals surface area contributed by atoms with E-state index in [0.717, 1.165) is 15.3 Å². The minimum Gasteiger partial charge on any atom is -0.343 e. The Morgan fingerprint density at radius 2 is 1.77 bits per heavy atom. The highest BCUT2D eigenvalue weighted by Crippen LogP contribution is 2.32. The van der Waals surface area contributed by atoms with Gasteiger partial charge in [0.15, 0.2) is 0 Å². The largest absolute Gasteiger partial charge is 0.343 e. The van der Waals surface area contributed by atoms with Crippen molar-refractivity contribution in [2.45, 2.75) is 19.0 Å². The summed E-state index contributed by atoms with van der Waals surface area (Å²) in [5.74, 6) is -2.11. The first-order valence-corrected chi connectivity index (χ1v) is 10.3. The number of rotatable bonds is 6. The maximum absolute atomic E-state index is 13.1. The van der Waals surface area contributed by atoms with Gasteiger partial charge in [0, 0.05) is 10.9 Å². The molecular weight excluding hydrogens is 418 g/mol. The molecule has 0 radical (unpaired) electrons. The predicted octanol–water partition coefficient (Wildman–Crippen LogP) is 3.55. The van der Waals surface area contributed by atoms with Gasteiger partial charge in [0.05, 0.1) is 16.5 Å². The van der Waals surface area contributed by atoms with Crippen molar-refractivity contribution in [1.82, 2.24) is 10.2 Å². The molecule has 2 heterocycles. The number of amides is 3. The van der Waals surface area contributed by atoms with Gasteiger partial charge in [0.25, 0.3) is 17.5 Å². The van der Waals surface area contributed by atoms with E-state index in [1.807, 2.05) is 47.8 Å². The van der Waals surface area contributed by atoms with Gasteiger partial charge in [-0.15, -0.1) is 11.3 Å². The van der Waals surface area contributed by atoms with Crippen LogP contribution in [0.25, 0.3) is 0 Å². The van der Waals surface area contributed by atoms with Crippen molar-refractivity contribution in [1.29, 1.82) is 0 Å². The number of imide groups is 1. The number of hydrogen-bond acceptors (Lipinski definition) is 6. The van der Waals surface area contributed by atoms with E-state index in [4.69, 9.17) is 0 Å². The van der Waals surface area contributed by atoms with Gasteiger partial charge in [0.1, 0.15) is 11.6 Å². The maximum atomic E-state index is 13.1. The van der Waals surface area contributed by atoms with Crippen LogP contribution in [0.3, 0.4) is 0 Å². The van der Waals surface area contributed by atoms with Crippen LogP contribution in [0.5, 0.6) is 0 Å². The second-order valence-corrected chi connectivity index (χ2v) is 7.96. The van der Waals surface area contributed by atoms with Crippen molar-refractivity contribution in [3.8, 4) is 0 Å². The van der Waals surface area contributed by atoms with Crippen LogP contribution in [-0.2, 0) is 4.79 Å². The Bertz CT molecular complexity index is 1180. The summed E-state index contributed by atoms with van der Waals surface area (Å²) >= 11 is 1.47. The second kappa shape index (κ2) is 8.11. The standard InChI is InChI=1S/C22H17N3O5S/c1-13(24-21(27)15-9-5-10-16(25(29)30)18(15)22(24)28)20(26)23-19(17-11-6-12-31-17)14-7-3-2-4-8-14/h2-13,19H,1H3,(H,23,26)/t13-,19-/m0/s1. The molecule has 0 spiro atoms. The average molecular weight is 435 g/mol. The zero-order chi connectivity index (χ0) is 22.1. The number of fused-ring (bicyclic) bond motifs is 1. The van der Waals surface area contributed by atoms with Crippen LogP contribution in [0.1, 0.15) is 44.1 Å². The van der Waals surface area contributed by atoms with Gasteiger partial charge in [-0.2, -0.15) is 0 Å². The lowest BCUT2D eigenvalue weighted by Crippen LogP contribution is -2.48. The molecule has 0 saturated heterocycles. The van der Waals surface area contributed by atoms with E-state index in [9.17, 15) is 24.5 Å². The summed E-state index contributed by atoms with van der Waals surface area (Å²) in [4.78, 5) is 51.1. The van der Waals surface area contributed by atoms with Crippen molar-refractivity contribution in [3.05, 3.63) is 97.7 Å². The van der Waals surface area contributed by atoms with Crippen molar-refractivity contribution < 1.29 is 19.3 Å². The number of nitro groups is 1. The van der Waals surface area contributed by atoms with Crippen LogP contribution in [0.2, 0.25) is 0 Å². The SMILES string of the molecule is C[C@@H](C(=O)N[C@@H](c1ccccc1)c1cccs1)N1C(=O)c2cccc([N+](=O)[O-])c2C1=O. The summed E-state index contributed by atoms with van der Waals surface area (Å²) in [6.07, 6.45) is 0. The van der Waals surface area contributed by atoms with E-state index in [2.05, 4.69) is 5.32 Å². The van der Waals surface area contributed by atoms with Gasteiger partial charge >= 0.3 is 0 Å². The van der Waals surface area contributed by atoms with Crippen molar-refractivity contribution in [3.63, 3.8) is 0 Å². The number of carbonyl (C=O) groups excluding carboxylic acids is 3. The molecule has 1 aliphatic rings. The summed E-state index contributed by atoms with van der Waals surface area (Å²) < 4.78 is 0. The Hall–Kier alpha value is -3.85. The number of carbonyl (C=O) groups is 3. The molecular formula is C22H17N3O5S. The number of thiophene rings is 1. The summed E-state index contributed by atoms with van der Waals surface area (Å²) in [7, 11) is 0. The molecule has 2 atom stereocenters. The van der Waals surface area contributed by atoms with E-state index >= 15 is 0 Å². The van der Waals surface area contributed by atoms with E-state index in [0.29, 0.717) is 0 Å². The van der Waals surface area contributed by atoms with Gasteiger partial charge in [0.2, 0.25) is 5.91 Å². The first-order valence-electron chi connectivity index (χ1n) is 9.44. The van der Waals surface area contributed by atoms with Crippen molar-refractivity contribution in [2.75, 3.05) is 0 Å². The molecule has 0 fully saturated rings. The van der Waals surface area contributed by atoms with E-state index in [1.165, 1.54) is 36.5 Å². The highest BCUT2D eigenvalue weighted by Gasteiger charge is 2.45. The minimum atomic E-state index is -1.15. The molecule has 0 saturated carbocycles. The molecule has 4 rings (SSSR count). The van der Waals surface area contributed by atoms with E-state index in [1.54, 1.807) is 0 Å². The molecule has 1 aliphatic heterocycles. The third kappa shape index (κ3) is 3.59. The lowest BCUT2D eigenvalue weighted by atomic mass is 10.0. The molecule has 1 N–H and O–H groups in total. The van der Waals surface area contributed by atoms with Crippen LogP contribution in [0, 0.1) is 10.1 Å². The molecule has 3 aromatic rings. The number of nitro benzene ring substituents is 1. The summed E-state index contributed by atoms with van der Waals surface area (Å²) in [5, 5.41) is 16.1.